The number of allylic oxidation sites excluding steroid dienone is 2. The number of nitrogens with one attached hydrogen (secondary N) is 1. The third kappa shape index (κ3) is 3.10. The lowest BCUT2D eigenvalue weighted by Gasteiger charge is -2.37. The van der Waals surface area contributed by atoms with Crippen molar-refractivity contribution in [2.75, 3.05) is 16.8 Å². The highest BCUT2D eigenvalue weighted by atomic mass is 16.5. The molecule has 4 aliphatic carbocycles. The van der Waals surface area contributed by atoms with E-state index in [1.807, 2.05) is 0 Å². The summed E-state index contributed by atoms with van der Waals surface area (Å²) < 4.78 is 4.97. The van der Waals surface area contributed by atoms with E-state index in [-0.39, 0.29) is 48.0 Å². The number of hydrogen-bond acceptors (Lipinski definition) is 5. The summed E-state index contributed by atoms with van der Waals surface area (Å²) in [4.78, 5) is 52.7. The van der Waals surface area contributed by atoms with Crippen LogP contribution in [0.25, 0.3) is 0 Å². The fraction of sp³-hybridized carbons (Fsp3) is 0.333. The van der Waals surface area contributed by atoms with Gasteiger partial charge in [-0.05, 0) is 79.5 Å². The zero-order chi connectivity index (χ0) is 23.6. The van der Waals surface area contributed by atoms with Crippen molar-refractivity contribution in [1.29, 1.82) is 0 Å². The summed E-state index contributed by atoms with van der Waals surface area (Å²) in [6.45, 7) is 2.03. The van der Waals surface area contributed by atoms with Crippen LogP contribution >= 0.6 is 0 Å². The van der Waals surface area contributed by atoms with Crippen molar-refractivity contribution in [3.8, 4) is 0 Å². The Balaban J connectivity index is 1.20. The molecule has 3 fully saturated rings. The molecule has 1 N–H and O–H groups in total. The molecule has 7 nitrogen and oxygen atoms in total. The van der Waals surface area contributed by atoms with Gasteiger partial charge in [-0.3, -0.25) is 14.4 Å². The van der Waals surface area contributed by atoms with Crippen LogP contribution in [0.4, 0.5) is 11.4 Å². The summed E-state index contributed by atoms with van der Waals surface area (Å²) in [7, 11) is 0. The fourth-order valence-electron chi connectivity index (χ4n) is 6.11. The zero-order valence-electron chi connectivity index (χ0n) is 18.6. The molecule has 2 aromatic carbocycles. The number of esters is 1. The third-order valence-corrected chi connectivity index (χ3v) is 7.68. The predicted octanol–water partition coefficient (Wildman–Crippen LogP) is 3.67. The smallest absolute Gasteiger partial charge is 0.338 e. The minimum absolute atomic E-state index is 0.146. The Bertz CT molecular complexity index is 1210. The van der Waals surface area contributed by atoms with E-state index in [2.05, 4.69) is 17.5 Å². The number of nitrogens with zero attached hydrogens (tertiary/aromatic N) is 1. The Labute approximate surface area is 196 Å². The average molecular weight is 456 g/mol. The second-order valence-corrected chi connectivity index (χ2v) is 9.47. The molecule has 3 amide bonds. The number of hydrogen-bond donors (Lipinski definition) is 1. The molecule has 2 bridgehead atoms. The van der Waals surface area contributed by atoms with Gasteiger partial charge in [0.1, 0.15) is 0 Å². The van der Waals surface area contributed by atoms with E-state index in [0.717, 1.165) is 6.42 Å². The maximum Gasteiger partial charge on any atom is 0.338 e. The van der Waals surface area contributed by atoms with E-state index in [1.54, 1.807) is 55.5 Å². The molecule has 2 aromatic rings. The number of imide groups is 1. The number of amides is 3. The number of carbonyl (C=O) groups is 4. The van der Waals surface area contributed by atoms with Crippen molar-refractivity contribution in [3.05, 3.63) is 71.8 Å². The highest BCUT2D eigenvalue weighted by Gasteiger charge is 2.67. The Morgan fingerprint density at radius 1 is 0.941 bits per heavy atom. The maximum atomic E-state index is 13.3. The molecule has 172 valence electrons. The Hall–Kier alpha value is -3.74. The molecule has 0 spiro atoms. The van der Waals surface area contributed by atoms with Crippen molar-refractivity contribution >= 4 is 35.1 Å². The van der Waals surface area contributed by atoms with Crippen molar-refractivity contribution in [2.24, 2.45) is 35.5 Å². The predicted molar refractivity (Wildman–Crippen MR) is 124 cm³/mol. The topological polar surface area (TPSA) is 92.8 Å². The first-order chi connectivity index (χ1) is 16.5. The van der Waals surface area contributed by atoms with Gasteiger partial charge in [-0.15, -0.1) is 0 Å². The maximum absolute atomic E-state index is 13.3. The molecule has 0 unspecified atom stereocenters. The molecule has 0 radical (unpaired) electrons. The Kier molecular flexibility index (Phi) is 4.69. The summed E-state index contributed by atoms with van der Waals surface area (Å²) in [6, 6.07) is 13.0. The minimum atomic E-state index is -0.422. The largest absolute Gasteiger partial charge is 0.462 e. The second-order valence-electron chi connectivity index (χ2n) is 9.47. The lowest BCUT2D eigenvalue weighted by molar-refractivity contribution is -0.124. The van der Waals surface area contributed by atoms with Gasteiger partial charge in [0.2, 0.25) is 11.8 Å². The van der Waals surface area contributed by atoms with Crippen LogP contribution in [0, 0.1) is 35.5 Å². The highest BCUT2D eigenvalue weighted by molar-refractivity contribution is 6.23. The quantitative estimate of drug-likeness (QED) is 0.421. The van der Waals surface area contributed by atoms with E-state index >= 15 is 0 Å². The van der Waals surface area contributed by atoms with Crippen LogP contribution in [0.3, 0.4) is 0 Å². The van der Waals surface area contributed by atoms with Crippen LogP contribution in [0.1, 0.15) is 34.1 Å². The molecule has 1 aliphatic heterocycles. The Morgan fingerprint density at radius 2 is 1.59 bits per heavy atom. The van der Waals surface area contributed by atoms with Crippen molar-refractivity contribution in [2.45, 2.75) is 13.3 Å². The molecule has 2 saturated carbocycles. The van der Waals surface area contributed by atoms with E-state index in [9.17, 15) is 19.2 Å². The van der Waals surface area contributed by atoms with E-state index in [1.165, 1.54) is 4.90 Å². The minimum Gasteiger partial charge on any atom is -0.462 e. The molecular formula is C27H24N2O5. The van der Waals surface area contributed by atoms with Gasteiger partial charge in [0.25, 0.3) is 5.91 Å². The number of rotatable bonds is 5. The molecule has 34 heavy (non-hydrogen) atoms. The normalized spacial score (nSPS) is 30.1. The van der Waals surface area contributed by atoms with Crippen LogP contribution in [0.5, 0.6) is 0 Å². The number of anilines is 2. The van der Waals surface area contributed by atoms with Gasteiger partial charge in [0.05, 0.1) is 29.7 Å². The number of benzene rings is 2. The molecule has 7 heteroatoms. The molecule has 1 saturated heterocycles. The van der Waals surface area contributed by atoms with Gasteiger partial charge < -0.3 is 10.1 Å². The summed E-state index contributed by atoms with van der Waals surface area (Å²) in [5, 5.41) is 2.79. The van der Waals surface area contributed by atoms with Crippen LogP contribution in [-0.4, -0.2) is 30.3 Å². The lowest BCUT2D eigenvalue weighted by atomic mass is 9.63. The third-order valence-electron chi connectivity index (χ3n) is 7.68. The van der Waals surface area contributed by atoms with Gasteiger partial charge in [-0.1, -0.05) is 18.2 Å². The summed E-state index contributed by atoms with van der Waals surface area (Å²) >= 11 is 0. The van der Waals surface area contributed by atoms with E-state index in [4.69, 9.17) is 4.74 Å². The van der Waals surface area contributed by atoms with Crippen LogP contribution in [-0.2, 0) is 14.3 Å². The standard InChI is InChI=1S/C27H24N2O5/c1-2-34-27(33)14-6-8-16(9-7-14)28-24(30)15-4-3-5-17(12-15)29-25(31)22-18-10-11-19(21-13-20(18)21)23(22)26(29)32/h3-12,18-23H,2,13H2,1H3,(H,28,30)/t18-,19-,20-,21-,22+,23+/m0/s1. The Morgan fingerprint density at radius 3 is 2.21 bits per heavy atom. The van der Waals surface area contributed by atoms with Gasteiger partial charge in [0, 0.05) is 11.3 Å². The van der Waals surface area contributed by atoms with Crippen LogP contribution < -0.4 is 10.2 Å². The first-order valence-electron chi connectivity index (χ1n) is 11.7. The van der Waals surface area contributed by atoms with Gasteiger partial charge >= 0.3 is 5.97 Å². The van der Waals surface area contributed by atoms with Crippen LogP contribution in [0.2, 0.25) is 0 Å². The van der Waals surface area contributed by atoms with Gasteiger partial charge in [-0.25, -0.2) is 9.69 Å². The van der Waals surface area contributed by atoms with Crippen molar-refractivity contribution in [3.63, 3.8) is 0 Å². The molecule has 0 aromatic heterocycles. The summed E-state index contributed by atoms with van der Waals surface area (Å²) in [6.07, 6.45) is 5.41. The van der Waals surface area contributed by atoms with Crippen LogP contribution in [0.15, 0.2) is 60.7 Å². The summed E-state index contributed by atoms with van der Waals surface area (Å²) in [5.41, 5.74) is 1.69. The monoisotopic (exact) mass is 456 g/mol. The molecule has 7 rings (SSSR count). The summed E-state index contributed by atoms with van der Waals surface area (Å²) in [5.74, 6) is -0.238. The average Bonchev–Trinajstić information content (AvgIpc) is 3.63. The van der Waals surface area contributed by atoms with E-state index in [0.29, 0.717) is 34.3 Å². The first kappa shape index (κ1) is 20.8. The lowest BCUT2D eigenvalue weighted by Crippen LogP contribution is -2.40. The number of ether oxygens (including phenoxy) is 1. The molecule has 6 atom stereocenters. The molecular weight excluding hydrogens is 432 g/mol. The zero-order valence-corrected chi connectivity index (χ0v) is 18.6. The van der Waals surface area contributed by atoms with Crippen molar-refractivity contribution in [1.82, 2.24) is 0 Å². The molecule has 5 aliphatic rings. The second kappa shape index (κ2) is 7.65. The number of carbonyl (C=O) groups excluding carboxylic acids is 4. The van der Waals surface area contributed by atoms with Gasteiger partial charge in [0.15, 0.2) is 0 Å². The van der Waals surface area contributed by atoms with Gasteiger partial charge in [-0.2, -0.15) is 0 Å². The van der Waals surface area contributed by atoms with E-state index < -0.39 is 5.97 Å². The molecule has 1 heterocycles. The SMILES string of the molecule is CCOC(=O)c1ccc(NC(=O)c2cccc(N3C(=O)[C@@H]4[C@H]5C=C[C@@H]([C@@H]6C[C@@H]56)[C@H]4C3=O)c2)cc1. The highest BCUT2D eigenvalue weighted by Crippen LogP contribution is 2.65. The fourth-order valence-corrected chi connectivity index (χ4v) is 6.11. The first-order valence-corrected chi connectivity index (χ1v) is 11.7. The van der Waals surface area contributed by atoms with Crippen molar-refractivity contribution < 1.29 is 23.9 Å².